The third kappa shape index (κ3) is 5.16. The van der Waals surface area contributed by atoms with Gasteiger partial charge in [-0.25, -0.2) is 15.0 Å². The molecule has 2 heterocycles. The van der Waals surface area contributed by atoms with Crippen LogP contribution in [-0.4, -0.2) is 15.0 Å². The van der Waals surface area contributed by atoms with E-state index >= 15 is 0 Å². The molecule has 238 valence electrons. The summed E-state index contributed by atoms with van der Waals surface area (Å²) in [5.74, 6) is 1.95. The first-order valence-corrected chi connectivity index (χ1v) is 17.9. The van der Waals surface area contributed by atoms with E-state index in [2.05, 4.69) is 170 Å². The van der Waals surface area contributed by atoms with E-state index in [-0.39, 0.29) is 0 Å². The fourth-order valence-electron chi connectivity index (χ4n) is 7.22. The topological polar surface area (TPSA) is 38.7 Å². The summed E-state index contributed by atoms with van der Waals surface area (Å²) < 4.78 is 2.58. The van der Waals surface area contributed by atoms with Crippen molar-refractivity contribution in [1.82, 2.24) is 15.0 Å². The molecule has 10 rings (SSSR count). The zero-order valence-corrected chi connectivity index (χ0v) is 28.3. The standard InChI is InChI=1S/C47H29N3S/c1-3-11-30(12-4-1)31-21-23-33(24-22-31)45-48-46(35-25-26-37-34(29-35)15-9-17-36(37)32-13-5-2-6-14-32)50-47(49-45)42-19-10-18-40-38(42)27-28-41-39-16-7-8-20-43(39)51-44(40)41/h1-29H. The molecule has 0 saturated heterocycles. The fourth-order valence-corrected chi connectivity index (χ4v) is 8.45. The molecule has 0 amide bonds. The summed E-state index contributed by atoms with van der Waals surface area (Å²) >= 11 is 1.84. The molecule has 4 heteroatoms. The molecule has 0 bridgehead atoms. The lowest BCUT2D eigenvalue weighted by Crippen LogP contribution is -2.00. The van der Waals surface area contributed by atoms with Crippen LogP contribution in [0.25, 0.3) is 98.1 Å². The van der Waals surface area contributed by atoms with Crippen LogP contribution in [0.1, 0.15) is 0 Å². The Kier molecular flexibility index (Phi) is 7.00. The molecule has 0 spiro atoms. The summed E-state index contributed by atoms with van der Waals surface area (Å²) in [7, 11) is 0. The van der Waals surface area contributed by atoms with Gasteiger partial charge < -0.3 is 0 Å². The summed E-state index contributed by atoms with van der Waals surface area (Å²) in [6.45, 7) is 0. The van der Waals surface area contributed by atoms with Crippen LogP contribution in [0.15, 0.2) is 176 Å². The molecule has 0 saturated carbocycles. The van der Waals surface area contributed by atoms with Gasteiger partial charge in [0.15, 0.2) is 17.5 Å². The number of aromatic nitrogens is 3. The zero-order valence-electron chi connectivity index (χ0n) is 27.5. The van der Waals surface area contributed by atoms with Crippen molar-refractivity contribution in [3.63, 3.8) is 0 Å². The van der Waals surface area contributed by atoms with Crippen molar-refractivity contribution < 1.29 is 0 Å². The molecule has 0 aliphatic carbocycles. The number of thiophene rings is 1. The van der Waals surface area contributed by atoms with Crippen LogP contribution in [0, 0.1) is 0 Å². The van der Waals surface area contributed by atoms with Crippen molar-refractivity contribution in [2.24, 2.45) is 0 Å². The highest BCUT2D eigenvalue weighted by Crippen LogP contribution is 2.41. The zero-order chi connectivity index (χ0) is 33.7. The first-order valence-electron chi connectivity index (χ1n) is 17.1. The first kappa shape index (κ1) is 29.4. The van der Waals surface area contributed by atoms with Gasteiger partial charge in [0, 0.05) is 42.2 Å². The molecule has 3 nitrogen and oxygen atoms in total. The minimum atomic E-state index is 0.646. The van der Waals surface area contributed by atoms with Gasteiger partial charge in [0.25, 0.3) is 0 Å². The number of hydrogen-bond acceptors (Lipinski definition) is 4. The van der Waals surface area contributed by atoms with Gasteiger partial charge >= 0.3 is 0 Å². The van der Waals surface area contributed by atoms with E-state index in [1.807, 2.05) is 17.4 Å². The van der Waals surface area contributed by atoms with Gasteiger partial charge in [0.05, 0.1) is 0 Å². The number of benzene rings is 8. The quantitative estimate of drug-likeness (QED) is 0.183. The van der Waals surface area contributed by atoms with Crippen LogP contribution in [0.5, 0.6) is 0 Å². The normalized spacial score (nSPS) is 11.5. The Bertz CT molecular complexity index is 2900. The second kappa shape index (κ2) is 12.1. The largest absolute Gasteiger partial charge is 0.208 e. The summed E-state index contributed by atoms with van der Waals surface area (Å²) in [5.41, 5.74) is 7.62. The highest BCUT2D eigenvalue weighted by atomic mass is 32.1. The Morgan fingerprint density at radius 1 is 0.314 bits per heavy atom. The van der Waals surface area contributed by atoms with Crippen molar-refractivity contribution >= 4 is 53.1 Å². The van der Waals surface area contributed by atoms with E-state index < -0.39 is 0 Å². The number of rotatable bonds is 5. The molecule has 0 aliphatic rings. The highest BCUT2D eigenvalue weighted by Gasteiger charge is 2.17. The van der Waals surface area contributed by atoms with E-state index in [4.69, 9.17) is 15.0 Å². The molecule has 0 fully saturated rings. The van der Waals surface area contributed by atoms with Crippen molar-refractivity contribution in [1.29, 1.82) is 0 Å². The monoisotopic (exact) mass is 667 g/mol. The average Bonchev–Trinajstić information content (AvgIpc) is 3.60. The third-order valence-corrected chi connectivity index (χ3v) is 11.0. The molecular formula is C47H29N3S. The van der Waals surface area contributed by atoms with E-state index in [0.29, 0.717) is 17.5 Å². The minimum absolute atomic E-state index is 0.646. The SMILES string of the molecule is c1ccc(-c2ccc(-c3nc(-c4ccc5c(-c6ccccc6)cccc5c4)nc(-c4cccc5c4ccc4c6ccccc6sc54)n3)cc2)cc1. The van der Waals surface area contributed by atoms with Crippen molar-refractivity contribution in [2.75, 3.05) is 0 Å². The number of nitrogens with zero attached hydrogens (tertiary/aromatic N) is 3. The van der Waals surface area contributed by atoms with E-state index in [9.17, 15) is 0 Å². The second-order valence-electron chi connectivity index (χ2n) is 12.8. The van der Waals surface area contributed by atoms with Gasteiger partial charge in [-0.2, -0.15) is 0 Å². The Morgan fingerprint density at radius 3 is 1.69 bits per heavy atom. The Balaban J connectivity index is 1.16. The maximum atomic E-state index is 5.21. The molecule has 8 aromatic carbocycles. The van der Waals surface area contributed by atoms with Crippen molar-refractivity contribution in [3.05, 3.63) is 176 Å². The van der Waals surface area contributed by atoms with Crippen molar-refractivity contribution in [2.45, 2.75) is 0 Å². The van der Waals surface area contributed by atoms with E-state index in [1.165, 1.54) is 47.6 Å². The Morgan fingerprint density at radius 2 is 0.863 bits per heavy atom. The highest BCUT2D eigenvalue weighted by molar-refractivity contribution is 7.26. The minimum Gasteiger partial charge on any atom is -0.208 e. The smallest absolute Gasteiger partial charge is 0.164 e. The first-order chi connectivity index (χ1) is 25.3. The lowest BCUT2D eigenvalue weighted by atomic mass is 9.97. The molecular weight excluding hydrogens is 639 g/mol. The second-order valence-corrected chi connectivity index (χ2v) is 13.9. The lowest BCUT2D eigenvalue weighted by molar-refractivity contribution is 1.08. The van der Waals surface area contributed by atoms with Gasteiger partial charge in [0.1, 0.15) is 0 Å². The van der Waals surface area contributed by atoms with Crippen LogP contribution in [0.4, 0.5) is 0 Å². The summed E-state index contributed by atoms with van der Waals surface area (Å²) in [6, 6.07) is 62.1. The lowest BCUT2D eigenvalue weighted by Gasteiger charge is -2.12. The predicted molar refractivity (Wildman–Crippen MR) is 215 cm³/mol. The molecule has 51 heavy (non-hydrogen) atoms. The molecule has 0 radical (unpaired) electrons. The van der Waals surface area contributed by atoms with E-state index in [0.717, 1.165) is 33.0 Å². The Labute approximate surface area is 299 Å². The maximum absolute atomic E-state index is 5.21. The van der Waals surface area contributed by atoms with Gasteiger partial charge in [-0.3, -0.25) is 0 Å². The number of fused-ring (bicyclic) bond motifs is 6. The molecule has 0 unspecified atom stereocenters. The number of hydrogen-bond donors (Lipinski definition) is 0. The average molecular weight is 668 g/mol. The summed E-state index contributed by atoms with van der Waals surface area (Å²) in [6.07, 6.45) is 0. The molecule has 0 aliphatic heterocycles. The van der Waals surface area contributed by atoms with Gasteiger partial charge in [-0.1, -0.05) is 164 Å². The third-order valence-electron chi connectivity index (χ3n) is 9.75. The molecule has 0 N–H and O–H groups in total. The van der Waals surface area contributed by atoms with Crippen LogP contribution >= 0.6 is 11.3 Å². The van der Waals surface area contributed by atoms with Crippen LogP contribution in [-0.2, 0) is 0 Å². The van der Waals surface area contributed by atoms with Crippen LogP contribution in [0.2, 0.25) is 0 Å². The fraction of sp³-hybridized carbons (Fsp3) is 0. The molecule has 0 atom stereocenters. The van der Waals surface area contributed by atoms with Crippen LogP contribution < -0.4 is 0 Å². The summed E-state index contributed by atoms with van der Waals surface area (Å²) in [5, 5.41) is 7.25. The van der Waals surface area contributed by atoms with Gasteiger partial charge in [-0.15, -0.1) is 11.3 Å². The van der Waals surface area contributed by atoms with Gasteiger partial charge in [-0.05, 0) is 50.5 Å². The Hall–Kier alpha value is -6.49. The van der Waals surface area contributed by atoms with Crippen LogP contribution in [0.3, 0.4) is 0 Å². The van der Waals surface area contributed by atoms with Gasteiger partial charge in [0.2, 0.25) is 0 Å². The maximum Gasteiger partial charge on any atom is 0.164 e. The predicted octanol–water partition coefficient (Wildman–Crippen LogP) is 12.9. The summed E-state index contributed by atoms with van der Waals surface area (Å²) in [4.78, 5) is 15.5. The van der Waals surface area contributed by atoms with E-state index in [1.54, 1.807) is 0 Å². The molecule has 10 aromatic rings. The molecule has 2 aromatic heterocycles. The van der Waals surface area contributed by atoms with Crippen molar-refractivity contribution in [3.8, 4) is 56.4 Å².